The van der Waals surface area contributed by atoms with Crippen LogP contribution in [0.4, 0.5) is 20.6 Å². The average Bonchev–Trinajstić information content (AvgIpc) is 2.78. The molecule has 1 unspecified atom stereocenters. The molecule has 6 nitrogen and oxygen atoms in total. The topological polar surface area (TPSA) is 64.7 Å². The Labute approximate surface area is 183 Å². The molecule has 1 aliphatic rings. The summed E-state index contributed by atoms with van der Waals surface area (Å²) in [5.74, 6) is 0.00214. The highest BCUT2D eigenvalue weighted by atomic mass is 19.1. The van der Waals surface area contributed by atoms with Crippen LogP contribution in [-0.2, 0) is 11.3 Å². The van der Waals surface area contributed by atoms with Gasteiger partial charge in [0.2, 0.25) is 5.91 Å². The highest BCUT2D eigenvalue weighted by Gasteiger charge is 2.24. The highest BCUT2D eigenvalue weighted by Crippen LogP contribution is 2.22. The minimum Gasteiger partial charge on any atom is -0.378 e. The molecule has 2 N–H and O–H groups in total. The number of likely N-dealkylation sites (tertiary alicyclic amines) is 1. The van der Waals surface area contributed by atoms with Gasteiger partial charge in [-0.1, -0.05) is 12.1 Å². The molecule has 2 aromatic carbocycles. The van der Waals surface area contributed by atoms with E-state index in [1.54, 1.807) is 17.0 Å². The fourth-order valence-corrected chi connectivity index (χ4v) is 3.76. The van der Waals surface area contributed by atoms with E-state index < -0.39 is 0 Å². The van der Waals surface area contributed by atoms with Crippen molar-refractivity contribution >= 4 is 23.3 Å². The first-order valence-electron chi connectivity index (χ1n) is 10.7. The molecule has 7 heteroatoms. The molecule has 31 heavy (non-hydrogen) atoms. The molecular formula is C24H31FN4O2. The van der Waals surface area contributed by atoms with Gasteiger partial charge < -0.3 is 20.4 Å². The summed E-state index contributed by atoms with van der Waals surface area (Å²) in [5, 5.41) is 5.79. The Balaban J connectivity index is 1.40. The first-order valence-corrected chi connectivity index (χ1v) is 10.7. The summed E-state index contributed by atoms with van der Waals surface area (Å²) < 4.78 is 13.0. The molecule has 1 aliphatic heterocycles. The van der Waals surface area contributed by atoms with Crippen LogP contribution in [0.5, 0.6) is 0 Å². The molecule has 1 heterocycles. The van der Waals surface area contributed by atoms with Gasteiger partial charge in [0.1, 0.15) is 5.82 Å². The lowest BCUT2D eigenvalue weighted by molar-refractivity contribution is -0.121. The van der Waals surface area contributed by atoms with Crippen molar-refractivity contribution < 1.29 is 14.0 Å². The summed E-state index contributed by atoms with van der Waals surface area (Å²) in [6.45, 7) is 1.84. The predicted molar refractivity (Wildman–Crippen MR) is 122 cm³/mol. The Bertz CT molecular complexity index is 868. The van der Waals surface area contributed by atoms with Crippen molar-refractivity contribution in [1.82, 2.24) is 10.2 Å². The number of hydrogen-bond acceptors (Lipinski definition) is 3. The zero-order valence-corrected chi connectivity index (χ0v) is 18.2. The van der Waals surface area contributed by atoms with Gasteiger partial charge in [-0.3, -0.25) is 4.79 Å². The number of urea groups is 1. The van der Waals surface area contributed by atoms with Crippen molar-refractivity contribution in [1.29, 1.82) is 0 Å². The monoisotopic (exact) mass is 426 g/mol. The van der Waals surface area contributed by atoms with Crippen LogP contribution < -0.4 is 15.5 Å². The van der Waals surface area contributed by atoms with Crippen molar-refractivity contribution in [3.05, 3.63) is 59.9 Å². The van der Waals surface area contributed by atoms with Gasteiger partial charge in [-0.25, -0.2) is 9.18 Å². The Kier molecular flexibility index (Phi) is 7.87. The quantitative estimate of drug-likeness (QED) is 0.696. The van der Waals surface area contributed by atoms with E-state index in [-0.39, 0.29) is 17.8 Å². The van der Waals surface area contributed by atoms with E-state index >= 15 is 0 Å². The SMILES string of the molecule is CN(C)c1ccc(CNC(=O)CCC2CCCN(C(=O)Nc3ccc(F)cc3)C2)cc1. The summed E-state index contributed by atoms with van der Waals surface area (Å²) >= 11 is 0. The number of nitrogens with one attached hydrogen (secondary N) is 2. The summed E-state index contributed by atoms with van der Waals surface area (Å²) in [5.41, 5.74) is 2.77. The molecule has 0 spiro atoms. The number of amides is 3. The van der Waals surface area contributed by atoms with Crippen LogP contribution in [0.3, 0.4) is 0 Å². The van der Waals surface area contributed by atoms with E-state index in [1.165, 1.54) is 12.1 Å². The first kappa shape index (κ1) is 22.6. The normalized spacial score (nSPS) is 16.0. The third kappa shape index (κ3) is 6.98. The van der Waals surface area contributed by atoms with Crippen molar-refractivity contribution in [2.24, 2.45) is 5.92 Å². The fourth-order valence-electron chi connectivity index (χ4n) is 3.76. The Morgan fingerprint density at radius 1 is 1.10 bits per heavy atom. The van der Waals surface area contributed by atoms with Gasteiger partial charge in [-0.05, 0) is 67.1 Å². The van der Waals surface area contributed by atoms with Crippen LogP contribution in [0.1, 0.15) is 31.2 Å². The van der Waals surface area contributed by atoms with E-state index in [0.717, 1.165) is 30.5 Å². The van der Waals surface area contributed by atoms with Gasteiger partial charge in [0.15, 0.2) is 0 Å². The van der Waals surface area contributed by atoms with Crippen LogP contribution in [-0.4, -0.2) is 44.0 Å². The van der Waals surface area contributed by atoms with Crippen LogP contribution in [0.2, 0.25) is 0 Å². The molecule has 0 saturated carbocycles. The number of hydrogen-bond donors (Lipinski definition) is 2. The second-order valence-electron chi connectivity index (χ2n) is 8.27. The number of carbonyl (C=O) groups is 2. The number of piperidine rings is 1. The largest absolute Gasteiger partial charge is 0.378 e. The molecule has 2 aromatic rings. The standard InChI is InChI=1S/C24H31FN4O2/c1-28(2)22-12-5-18(6-13-22)16-26-23(30)14-7-19-4-3-15-29(17-19)24(31)27-21-10-8-20(25)9-11-21/h5-6,8-13,19H,3-4,7,14-17H2,1-2H3,(H,26,30)(H,27,31). The van der Waals surface area contributed by atoms with Gasteiger partial charge in [-0.15, -0.1) is 0 Å². The summed E-state index contributed by atoms with van der Waals surface area (Å²) in [4.78, 5) is 28.6. The highest BCUT2D eigenvalue weighted by molar-refractivity contribution is 5.89. The third-order valence-electron chi connectivity index (χ3n) is 5.62. The Morgan fingerprint density at radius 3 is 2.48 bits per heavy atom. The van der Waals surface area contributed by atoms with E-state index in [4.69, 9.17) is 0 Å². The number of carbonyl (C=O) groups excluding carboxylic acids is 2. The van der Waals surface area contributed by atoms with Gasteiger partial charge >= 0.3 is 6.03 Å². The van der Waals surface area contributed by atoms with Crippen molar-refractivity contribution in [2.45, 2.75) is 32.2 Å². The lowest BCUT2D eigenvalue weighted by atomic mass is 9.93. The minimum atomic E-state index is -0.333. The van der Waals surface area contributed by atoms with Gasteiger partial charge in [-0.2, -0.15) is 0 Å². The molecule has 1 atom stereocenters. The lowest BCUT2D eigenvalue weighted by Gasteiger charge is -2.32. The Hall–Kier alpha value is -3.09. The van der Waals surface area contributed by atoms with Gasteiger partial charge in [0, 0.05) is 51.5 Å². The van der Waals surface area contributed by atoms with Crippen LogP contribution >= 0.6 is 0 Å². The van der Waals surface area contributed by atoms with Crippen LogP contribution in [0.25, 0.3) is 0 Å². The molecule has 1 saturated heterocycles. The molecule has 0 aromatic heterocycles. The van der Waals surface area contributed by atoms with Crippen molar-refractivity contribution in [3.63, 3.8) is 0 Å². The minimum absolute atomic E-state index is 0.0320. The first-order chi connectivity index (χ1) is 14.9. The zero-order chi connectivity index (χ0) is 22.2. The summed E-state index contributed by atoms with van der Waals surface area (Å²) in [6.07, 6.45) is 3.14. The predicted octanol–water partition coefficient (Wildman–Crippen LogP) is 4.23. The second-order valence-corrected chi connectivity index (χ2v) is 8.27. The summed E-state index contributed by atoms with van der Waals surface area (Å²) in [6, 6.07) is 13.7. The van der Waals surface area contributed by atoms with Gasteiger partial charge in [0.25, 0.3) is 0 Å². The maximum absolute atomic E-state index is 13.0. The zero-order valence-electron chi connectivity index (χ0n) is 18.2. The number of anilines is 2. The molecule has 3 rings (SSSR count). The average molecular weight is 427 g/mol. The maximum atomic E-state index is 13.0. The Morgan fingerprint density at radius 2 is 1.81 bits per heavy atom. The number of rotatable bonds is 7. The van der Waals surface area contributed by atoms with Crippen molar-refractivity contribution in [2.75, 3.05) is 37.4 Å². The lowest BCUT2D eigenvalue weighted by Crippen LogP contribution is -2.42. The van der Waals surface area contributed by atoms with E-state index in [0.29, 0.717) is 37.7 Å². The second kappa shape index (κ2) is 10.8. The maximum Gasteiger partial charge on any atom is 0.321 e. The molecule has 0 aliphatic carbocycles. The number of nitrogens with zero attached hydrogens (tertiary/aromatic N) is 2. The molecule has 3 amide bonds. The van der Waals surface area contributed by atoms with E-state index in [1.807, 2.05) is 43.3 Å². The fraction of sp³-hybridized carbons (Fsp3) is 0.417. The molecule has 0 bridgehead atoms. The summed E-state index contributed by atoms with van der Waals surface area (Å²) in [7, 11) is 3.99. The molecule has 0 radical (unpaired) electrons. The van der Waals surface area contributed by atoms with E-state index in [9.17, 15) is 14.0 Å². The third-order valence-corrected chi connectivity index (χ3v) is 5.62. The van der Waals surface area contributed by atoms with Crippen LogP contribution in [0.15, 0.2) is 48.5 Å². The van der Waals surface area contributed by atoms with Gasteiger partial charge in [0.05, 0.1) is 0 Å². The molecule has 166 valence electrons. The molecule has 1 fully saturated rings. The number of halogens is 1. The smallest absolute Gasteiger partial charge is 0.321 e. The molecular weight excluding hydrogens is 395 g/mol. The number of benzene rings is 2. The van der Waals surface area contributed by atoms with E-state index in [2.05, 4.69) is 10.6 Å². The van der Waals surface area contributed by atoms with Crippen LogP contribution in [0, 0.1) is 11.7 Å². The van der Waals surface area contributed by atoms with Crippen molar-refractivity contribution in [3.8, 4) is 0 Å².